The minimum atomic E-state index is -1.09. The number of nitrogens with zero attached hydrogens (tertiary/aromatic N) is 2. The summed E-state index contributed by atoms with van der Waals surface area (Å²) < 4.78 is 17.7. The van der Waals surface area contributed by atoms with E-state index in [2.05, 4.69) is 10.2 Å². The molecule has 14 heteroatoms. The van der Waals surface area contributed by atoms with Gasteiger partial charge in [-0.2, -0.15) is 4.73 Å². The summed E-state index contributed by atoms with van der Waals surface area (Å²) in [6.45, 7) is 3.05. The third-order valence-electron chi connectivity index (χ3n) is 9.99. The van der Waals surface area contributed by atoms with E-state index >= 15 is 0 Å². The van der Waals surface area contributed by atoms with E-state index in [4.69, 9.17) is 47.3 Å². The van der Waals surface area contributed by atoms with E-state index in [1.807, 2.05) is 42.5 Å². The molecular formula is C40H43Cl2N3O9. The fourth-order valence-corrected chi connectivity index (χ4v) is 7.86. The number of aromatic carboxylic acids is 1. The molecule has 0 saturated carbocycles. The number of carboxylic acid groups (broad SMARTS) is 2. The number of piperidine rings is 3. The maximum absolute atomic E-state index is 13.7. The summed E-state index contributed by atoms with van der Waals surface area (Å²) in [5, 5.41) is 33.0. The van der Waals surface area contributed by atoms with Crippen molar-refractivity contribution >= 4 is 41.6 Å². The molecule has 0 aliphatic carbocycles. The normalized spacial score (nSPS) is 18.4. The highest BCUT2D eigenvalue weighted by molar-refractivity contribution is 6.35. The van der Waals surface area contributed by atoms with E-state index in [-0.39, 0.29) is 40.6 Å². The number of nitrogens with one attached hydrogen (secondary N) is 1. The average Bonchev–Trinajstić information content (AvgIpc) is 3.17. The third kappa shape index (κ3) is 9.80. The number of hydrogen-bond donors (Lipinski definition) is 3. The molecule has 3 fully saturated rings. The van der Waals surface area contributed by atoms with Crippen molar-refractivity contribution in [1.29, 1.82) is 0 Å². The molecule has 3 aromatic carbocycles. The van der Waals surface area contributed by atoms with Gasteiger partial charge in [-0.3, -0.25) is 9.69 Å². The molecule has 4 heterocycles. The van der Waals surface area contributed by atoms with E-state index in [9.17, 15) is 19.9 Å². The van der Waals surface area contributed by atoms with E-state index in [0.717, 1.165) is 49.2 Å². The van der Waals surface area contributed by atoms with Crippen molar-refractivity contribution in [3.05, 3.63) is 128 Å². The Bertz CT molecular complexity index is 1900. The summed E-state index contributed by atoms with van der Waals surface area (Å²) in [4.78, 5) is 37.0. The van der Waals surface area contributed by atoms with Crippen molar-refractivity contribution in [2.75, 3.05) is 40.4 Å². The molecule has 2 bridgehead atoms. The smallest absolute Gasteiger partial charge is 0.335 e. The predicted octanol–water partition coefficient (Wildman–Crippen LogP) is 5.93. The molecule has 7 rings (SSSR count). The molecule has 3 N–H and O–H groups in total. The van der Waals surface area contributed by atoms with Gasteiger partial charge in [-0.25, -0.2) is 9.59 Å². The monoisotopic (exact) mass is 779 g/mol. The fraction of sp³-hybridized carbons (Fsp3) is 0.350. The van der Waals surface area contributed by atoms with E-state index in [1.54, 1.807) is 24.3 Å². The van der Waals surface area contributed by atoms with Crippen LogP contribution in [0.25, 0.3) is 0 Å². The first kappa shape index (κ1) is 40.3. The molecular weight excluding hydrogens is 737 g/mol. The summed E-state index contributed by atoms with van der Waals surface area (Å²) in [6.07, 6.45) is 5.10. The van der Waals surface area contributed by atoms with Crippen LogP contribution < -0.4 is 19.5 Å². The van der Waals surface area contributed by atoms with Crippen LogP contribution in [0.3, 0.4) is 0 Å². The summed E-state index contributed by atoms with van der Waals surface area (Å²) in [5.74, 6) is -0.580. The molecule has 3 atom stereocenters. The van der Waals surface area contributed by atoms with Crippen molar-refractivity contribution in [1.82, 2.24) is 10.2 Å². The quantitative estimate of drug-likeness (QED) is 0.0603. The zero-order valence-corrected chi connectivity index (χ0v) is 31.5. The number of carbonyl (C=O) groups excluding carboxylic acids is 1. The van der Waals surface area contributed by atoms with Gasteiger partial charge >= 0.3 is 11.9 Å². The Morgan fingerprint density at radius 1 is 0.981 bits per heavy atom. The molecule has 0 spiro atoms. The predicted molar refractivity (Wildman–Crippen MR) is 203 cm³/mol. The highest BCUT2D eigenvalue weighted by atomic mass is 35.5. The minimum absolute atomic E-state index is 0.108. The molecule has 0 amide bonds. The van der Waals surface area contributed by atoms with Crippen molar-refractivity contribution in [3.63, 3.8) is 0 Å². The fourth-order valence-electron chi connectivity index (χ4n) is 7.26. The van der Waals surface area contributed by atoms with Gasteiger partial charge in [0.15, 0.2) is 23.9 Å². The molecule has 286 valence electrons. The van der Waals surface area contributed by atoms with Gasteiger partial charge in [0, 0.05) is 24.6 Å². The SMILES string of the molecule is COc1ccc([C@H](Cc2c(Cl)c[n+]([O-])cc2Cl)c2cc(CCNC(C(=O)O[C@H]3CN4CCC3CC4)c3ccccc3)ccc2C(=O)O)cc1OC.O=CO. The van der Waals surface area contributed by atoms with Crippen LogP contribution >= 0.6 is 23.2 Å². The lowest BCUT2D eigenvalue weighted by Crippen LogP contribution is -2.52. The maximum atomic E-state index is 13.7. The zero-order chi connectivity index (χ0) is 38.8. The number of pyridine rings is 1. The van der Waals surface area contributed by atoms with Gasteiger partial charge in [0.05, 0.1) is 19.8 Å². The summed E-state index contributed by atoms with van der Waals surface area (Å²) in [6, 6.07) is 19.5. The van der Waals surface area contributed by atoms with Gasteiger partial charge in [0.25, 0.3) is 6.47 Å². The number of ether oxygens (including phenoxy) is 3. The van der Waals surface area contributed by atoms with Crippen LogP contribution in [-0.4, -0.2) is 80.0 Å². The summed E-state index contributed by atoms with van der Waals surface area (Å²) in [7, 11) is 3.07. The van der Waals surface area contributed by atoms with Gasteiger partial charge in [-0.15, -0.1) is 0 Å². The lowest BCUT2D eigenvalue weighted by atomic mass is 9.82. The number of methoxy groups -OCH3 is 2. The average molecular weight is 781 g/mol. The highest BCUT2D eigenvalue weighted by Gasteiger charge is 2.38. The van der Waals surface area contributed by atoms with Gasteiger partial charge in [0.2, 0.25) is 0 Å². The molecule has 1 aromatic heterocycles. The van der Waals surface area contributed by atoms with Crippen LogP contribution in [0.15, 0.2) is 79.1 Å². The lowest BCUT2D eigenvalue weighted by Gasteiger charge is -2.44. The summed E-state index contributed by atoms with van der Waals surface area (Å²) in [5.41, 5.74) is 3.54. The van der Waals surface area contributed by atoms with E-state index in [0.29, 0.717) is 46.2 Å². The van der Waals surface area contributed by atoms with Gasteiger partial charge in [-0.1, -0.05) is 71.7 Å². The van der Waals surface area contributed by atoms with Crippen molar-refractivity contribution < 1.29 is 43.5 Å². The molecule has 3 aliphatic heterocycles. The summed E-state index contributed by atoms with van der Waals surface area (Å²) >= 11 is 13.1. The van der Waals surface area contributed by atoms with Crippen molar-refractivity contribution in [2.45, 2.75) is 43.7 Å². The number of halogens is 2. The Balaban J connectivity index is 0.00000181. The number of hydrogen-bond acceptors (Lipinski definition) is 9. The van der Waals surface area contributed by atoms with Crippen LogP contribution in [0.5, 0.6) is 11.5 Å². The second-order valence-corrected chi connectivity index (χ2v) is 14.0. The molecule has 4 aromatic rings. The van der Waals surface area contributed by atoms with E-state index in [1.165, 1.54) is 26.6 Å². The standard InChI is InChI=1S/C39H41Cl2N3O7.CH2O2/c1-49-34-11-9-27(19-35(34)50-2)29(20-31-32(40)21-44(48)22-33(31)41)30-18-24(8-10-28(30)38(45)46)12-15-42-37(26-6-4-3-5-7-26)39(47)51-36-23-43-16-13-25(36)14-17-43;2-1-3/h3-11,18-19,21-22,25,29,36-37,42H,12-17,20,23H2,1-2H3,(H,45,46);1H,(H,2,3)/t29-,36-,37?;/m0./s1. The van der Waals surface area contributed by atoms with Crippen LogP contribution in [0.2, 0.25) is 10.0 Å². The highest BCUT2D eigenvalue weighted by Crippen LogP contribution is 2.39. The largest absolute Gasteiger partial charge is 0.619 e. The molecule has 3 saturated heterocycles. The number of rotatable bonds is 14. The van der Waals surface area contributed by atoms with Gasteiger partial charge < -0.3 is 34.9 Å². The Labute approximate surface area is 323 Å². The van der Waals surface area contributed by atoms with Crippen molar-refractivity contribution in [2.24, 2.45) is 5.92 Å². The molecule has 0 radical (unpaired) electrons. The zero-order valence-electron chi connectivity index (χ0n) is 30.0. The number of carbonyl (C=O) groups is 3. The Hall–Kier alpha value is -4.88. The minimum Gasteiger partial charge on any atom is -0.619 e. The molecule has 12 nitrogen and oxygen atoms in total. The first-order valence-electron chi connectivity index (χ1n) is 17.5. The first-order chi connectivity index (χ1) is 26.1. The number of aromatic nitrogens is 1. The maximum Gasteiger partial charge on any atom is 0.335 e. The van der Waals surface area contributed by atoms with Gasteiger partial charge in [0.1, 0.15) is 22.2 Å². The topological polar surface area (TPSA) is 162 Å². The van der Waals surface area contributed by atoms with Crippen LogP contribution in [0.1, 0.15) is 63.0 Å². The third-order valence-corrected chi connectivity index (χ3v) is 10.6. The molecule has 1 unspecified atom stereocenters. The number of esters is 1. The van der Waals surface area contributed by atoms with E-state index < -0.39 is 17.9 Å². The van der Waals surface area contributed by atoms with Crippen LogP contribution in [-0.2, 0) is 27.2 Å². The Morgan fingerprint density at radius 2 is 1.65 bits per heavy atom. The van der Waals surface area contributed by atoms with Crippen LogP contribution in [0, 0.1) is 11.1 Å². The first-order valence-corrected chi connectivity index (χ1v) is 18.3. The second kappa shape index (κ2) is 18.9. The van der Waals surface area contributed by atoms with Crippen molar-refractivity contribution in [3.8, 4) is 11.5 Å². The number of carboxylic acids is 1. The number of fused-ring (bicyclic) bond motifs is 3. The lowest BCUT2D eigenvalue weighted by molar-refractivity contribution is -0.605. The van der Waals surface area contributed by atoms with Gasteiger partial charge in [-0.05, 0) is 85.1 Å². The Kier molecular flexibility index (Phi) is 14.1. The molecule has 54 heavy (non-hydrogen) atoms. The Morgan fingerprint density at radius 3 is 2.24 bits per heavy atom. The molecule has 3 aliphatic rings. The number of benzene rings is 3. The van der Waals surface area contributed by atoms with Crippen LogP contribution in [0.4, 0.5) is 0 Å². The second-order valence-electron chi connectivity index (χ2n) is 13.2.